The van der Waals surface area contributed by atoms with Gasteiger partial charge in [-0.3, -0.25) is 24.3 Å². The van der Waals surface area contributed by atoms with Gasteiger partial charge in [-0.15, -0.1) is 0 Å². The minimum atomic E-state index is -0.196. The second kappa shape index (κ2) is 22.3. The van der Waals surface area contributed by atoms with Crippen molar-refractivity contribution in [2.24, 2.45) is 4.99 Å². The van der Waals surface area contributed by atoms with Gasteiger partial charge in [0.05, 0.1) is 81.8 Å². The smallest absolute Gasteiger partial charge is 0.261 e. The minimum absolute atomic E-state index is 0.00419. The molecule has 0 bridgehead atoms. The van der Waals surface area contributed by atoms with Crippen LogP contribution < -0.4 is 38.5 Å². The number of halogens is 1. The first-order valence-corrected chi connectivity index (χ1v) is 24.7. The first-order chi connectivity index (χ1) is 34.1. The number of carbonyl (C=O) groups is 3. The van der Waals surface area contributed by atoms with Crippen molar-refractivity contribution in [2.75, 3.05) is 101 Å². The average molecular weight is 1060 g/mol. The molecule has 16 heteroatoms. The lowest BCUT2D eigenvalue weighted by molar-refractivity contribution is -0.109. The van der Waals surface area contributed by atoms with Crippen LogP contribution in [-0.4, -0.2) is 115 Å². The third-order valence-electron chi connectivity index (χ3n) is 13.1. The number of carbonyl (C=O) groups excluding carboxylic acids is 3. The van der Waals surface area contributed by atoms with Crippen LogP contribution in [0.4, 0.5) is 28.4 Å². The summed E-state index contributed by atoms with van der Waals surface area (Å²) in [5, 5.41) is 0. The zero-order chi connectivity index (χ0) is 48.7. The van der Waals surface area contributed by atoms with E-state index < -0.39 is 0 Å². The van der Waals surface area contributed by atoms with E-state index in [9.17, 15) is 14.4 Å². The Balaban J connectivity index is 0.994. The molecule has 4 aliphatic rings. The Morgan fingerprint density at radius 2 is 1.30 bits per heavy atom. The van der Waals surface area contributed by atoms with Crippen LogP contribution in [0.1, 0.15) is 55.8 Å². The maximum Gasteiger partial charge on any atom is 0.261 e. The number of hydrogen-bond donors (Lipinski definition) is 0. The lowest BCUT2D eigenvalue weighted by Gasteiger charge is -2.26. The summed E-state index contributed by atoms with van der Waals surface area (Å²) < 4.78 is 41.8. The number of methoxy groups -OCH3 is 3. The third kappa shape index (κ3) is 10.6. The fourth-order valence-electron chi connectivity index (χ4n) is 9.76. The van der Waals surface area contributed by atoms with Gasteiger partial charge < -0.3 is 47.9 Å². The minimum Gasteiger partial charge on any atom is -0.493 e. The molecule has 2 atom stereocenters. The van der Waals surface area contributed by atoms with Gasteiger partial charge in [-0.1, -0.05) is 36.4 Å². The molecule has 15 nitrogen and oxygen atoms in total. The molecule has 0 unspecified atom stereocenters. The zero-order valence-corrected chi connectivity index (χ0v) is 42.1. The summed E-state index contributed by atoms with van der Waals surface area (Å²) in [6.45, 7) is 4.41. The Kier molecular flexibility index (Phi) is 15.5. The molecular formula is C54H58IN5O10. The van der Waals surface area contributed by atoms with E-state index in [1.165, 1.54) is 5.56 Å². The number of likely N-dealkylation sites (N-methyl/N-ethyl adjacent to an activating group) is 1. The number of benzene rings is 5. The Hall–Kier alpha value is -6.21. The molecular weight excluding hydrogens is 1010 g/mol. The summed E-state index contributed by atoms with van der Waals surface area (Å²) in [4.78, 5) is 53.4. The number of amides is 2. The lowest BCUT2D eigenvalue weighted by atomic mass is 10.1. The van der Waals surface area contributed by atoms with Gasteiger partial charge in [0.15, 0.2) is 26.8 Å². The average Bonchev–Trinajstić information content (AvgIpc) is 3.87. The number of hydrogen-bond acceptors (Lipinski definition) is 13. The third-order valence-corrected chi connectivity index (χ3v) is 13.7. The first-order valence-electron chi connectivity index (χ1n) is 23.6. The normalized spacial score (nSPS) is 16.4. The molecule has 0 aromatic heterocycles. The highest BCUT2D eigenvalue weighted by molar-refractivity contribution is 14.1. The van der Waals surface area contributed by atoms with Gasteiger partial charge in [-0.2, -0.15) is 0 Å². The molecule has 0 N–H and O–H groups in total. The maximum atomic E-state index is 14.3. The molecule has 0 saturated heterocycles. The van der Waals surface area contributed by atoms with Crippen molar-refractivity contribution in [3.63, 3.8) is 0 Å². The van der Waals surface area contributed by atoms with Gasteiger partial charge in [-0.05, 0) is 100 Å². The monoisotopic (exact) mass is 1060 g/mol. The van der Waals surface area contributed by atoms with Crippen molar-refractivity contribution in [3.05, 3.63) is 124 Å². The van der Waals surface area contributed by atoms with Crippen LogP contribution >= 0.6 is 22.6 Å². The van der Waals surface area contributed by atoms with E-state index in [0.29, 0.717) is 112 Å². The molecule has 0 fully saturated rings. The number of aliphatic imine (C=N–C) groups is 1. The van der Waals surface area contributed by atoms with Gasteiger partial charge in [-0.25, -0.2) is 0 Å². The predicted octanol–water partition coefficient (Wildman–Crippen LogP) is 8.40. The van der Waals surface area contributed by atoms with Crippen molar-refractivity contribution in [1.29, 1.82) is 0 Å². The molecule has 0 radical (unpaired) electrons. The Morgan fingerprint density at radius 1 is 0.686 bits per heavy atom. The molecule has 0 aliphatic carbocycles. The van der Waals surface area contributed by atoms with E-state index >= 15 is 0 Å². The van der Waals surface area contributed by atoms with Crippen molar-refractivity contribution in [1.82, 2.24) is 0 Å². The van der Waals surface area contributed by atoms with E-state index in [1.54, 1.807) is 39.5 Å². The SMILES string of the molecule is COCCOCCOCCN(CCCC(=O)I)c1cc(COc2cc3c(cc2OC)C(=O)N2c4ccccc4C[C@H]2C=N3)cc(COc2cc3c(cc2OC)C(=O)N2c4ccccc4C[C@H]2CN3C)c1. The largest absolute Gasteiger partial charge is 0.493 e. The van der Waals surface area contributed by atoms with Gasteiger partial charge >= 0.3 is 0 Å². The van der Waals surface area contributed by atoms with Gasteiger partial charge in [0.2, 0.25) is 0 Å². The quantitative estimate of drug-likeness (QED) is 0.0374. The molecule has 0 spiro atoms. The number of rotatable bonds is 22. The van der Waals surface area contributed by atoms with Gasteiger partial charge in [0.1, 0.15) is 13.2 Å². The van der Waals surface area contributed by atoms with Crippen LogP contribution in [0, 0.1) is 0 Å². The highest BCUT2D eigenvalue weighted by atomic mass is 127. The summed E-state index contributed by atoms with van der Waals surface area (Å²) >= 11 is 1.85. The number of anilines is 4. The Morgan fingerprint density at radius 3 is 1.99 bits per heavy atom. The summed E-state index contributed by atoms with van der Waals surface area (Å²) in [6, 6.07) is 29.2. The predicted molar refractivity (Wildman–Crippen MR) is 278 cm³/mol. The Labute approximate surface area is 422 Å². The molecule has 5 aromatic carbocycles. The van der Waals surface area contributed by atoms with Crippen LogP contribution in [0.15, 0.2) is 96.0 Å². The van der Waals surface area contributed by atoms with E-state index in [0.717, 1.165) is 45.9 Å². The molecule has 5 aromatic rings. The van der Waals surface area contributed by atoms with Crippen LogP contribution in [0.25, 0.3) is 0 Å². The number of ether oxygens (including phenoxy) is 7. The van der Waals surface area contributed by atoms with E-state index in [1.807, 2.05) is 100 Å². The van der Waals surface area contributed by atoms with Crippen LogP contribution in [0.5, 0.6) is 23.0 Å². The second-order valence-electron chi connectivity index (χ2n) is 17.7. The molecule has 4 aliphatic heterocycles. The Bertz CT molecular complexity index is 2770. The molecule has 4 heterocycles. The number of para-hydroxylation sites is 2. The fourth-order valence-corrected chi connectivity index (χ4v) is 10.1. The zero-order valence-electron chi connectivity index (χ0n) is 40.0. The van der Waals surface area contributed by atoms with Crippen molar-refractivity contribution >= 4 is 72.8 Å². The standard InChI is InChI=1S/C54H58IN5O10/c1-57-32-41-26-38-11-6-8-13-46(38)60(41)54(63)43-28-49(66-4)51(30-47(43)57)70-34-36-22-35(23-39(24-36)58(15-9-14-52(55)61)16-17-67-20-21-68-19-18-64-2)33-69-50-29-44-42(27-48(50)65-3)53(62)59-40(31-56-44)25-37-10-5-7-12-45(37)59/h5-8,10-13,22-24,27-31,40-41H,9,14-21,25-26,32-34H2,1-4H3/t40-,41-/m0/s1. The fraction of sp³-hybridized carbons (Fsp3) is 0.370. The second-order valence-corrected chi connectivity index (χ2v) is 18.9. The highest BCUT2D eigenvalue weighted by Crippen LogP contribution is 2.44. The first kappa shape index (κ1) is 48.8. The van der Waals surface area contributed by atoms with Gasteiger partial charge in [0.25, 0.3) is 11.8 Å². The van der Waals surface area contributed by atoms with Crippen molar-refractivity contribution in [2.45, 2.75) is 51.0 Å². The molecule has 70 heavy (non-hydrogen) atoms. The van der Waals surface area contributed by atoms with Gasteiger partial charge in [0, 0.05) is 82.0 Å². The van der Waals surface area contributed by atoms with E-state index in [2.05, 4.69) is 28.0 Å². The summed E-state index contributed by atoms with van der Waals surface area (Å²) in [6.07, 6.45) is 4.38. The molecule has 0 saturated carbocycles. The number of nitrogens with zero attached hydrogens (tertiary/aromatic N) is 5. The maximum absolute atomic E-state index is 14.3. The van der Waals surface area contributed by atoms with E-state index in [4.69, 9.17) is 38.2 Å². The summed E-state index contributed by atoms with van der Waals surface area (Å²) in [5.74, 6) is 1.57. The molecule has 2 amide bonds. The molecule has 366 valence electrons. The highest BCUT2D eigenvalue weighted by Gasteiger charge is 2.40. The lowest BCUT2D eigenvalue weighted by Crippen LogP contribution is -2.41. The topological polar surface area (TPSA) is 141 Å². The van der Waals surface area contributed by atoms with E-state index in [-0.39, 0.29) is 40.9 Å². The summed E-state index contributed by atoms with van der Waals surface area (Å²) in [5.41, 5.74) is 8.94. The van der Waals surface area contributed by atoms with Crippen molar-refractivity contribution < 1.29 is 47.5 Å². The molecule has 9 rings (SSSR count). The van der Waals surface area contributed by atoms with Crippen molar-refractivity contribution in [3.8, 4) is 23.0 Å². The number of fused-ring (bicyclic) bond motifs is 8. The van der Waals surface area contributed by atoms with Crippen LogP contribution in [-0.2, 0) is 45.1 Å². The van der Waals surface area contributed by atoms with Crippen LogP contribution in [0.3, 0.4) is 0 Å². The summed E-state index contributed by atoms with van der Waals surface area (Å²) in [7, 11) is 6.78. The van der Waals surface area contributed by atoms with Crippen LogP contribution in [0.2, 0.25) is 0 Å².